The number of aromatic nitrogens is 1. The summed E-state index contributed by atoms with van der Waals surface area (Å²) >= 11 is 5.85. The Kier molecular flexibility index (Phi) is 5.91. The first-order valence-corrected chi connectivity index (χ1v) is 9.19. The number of halogens is 2. The molecular weight excluding hydrogens is 401 g/mol. The van der Waals surface area contributed by atoms with Crippen LogP contribution in [0.1, 0.15) is 34.5 Å². The lowest BCUT2D eigenvalue weighted by molar-refractivity contribution is 0.0694. The lowest BCUT2D eigenvalue weighted by atomic mass is 10.00. The maximum atomic E-state index is 14.4. The van der Waals surface area contributed by atoms with Gasteiger partial charge in [0.05, 0.1) is 30.3 Å². The number of hydrogen-bond donors (Lipinski definition) is 2. The zero-order valence-corrected chi connectivity index (χ0v) is 16.5. The van der Waals surface area contributed by atoms with E-state index in [9.17, 15) is 24.2 Å². The lowest BCUT2D eigenvalue weighted by Gasteiger charge is -2.19. The summed E-state index contributed by atoms with van der Waals surface area (Å²) in [6, 6.07) is 7.25. The normalized spacial score (nSPS) is 12.2. The average Bonchev–Trinajstić information content (AvgIpc) is 2.70. The molecular formula is C21H19ClFNO5. The minimum atomic E-state index is -1.37. The third kappa shape index (κ3) is 3.83. The minimum Gasteiger partial charge on any atom is -0.496 e. The predicted octanol–water partition coefficient (Wildman–Crippen LogP) is 3.64. The van der Waals surface area contributed by atoms with Gasteiger partial charge in [0.25, 0.3) is 0 Å². The van der Waals surface area contributed by atoms with E-state index in [0.717, 1.165) is 0 Å². The van der Waals surface area contributed by atoms with Gasteiger partial charge in [0.15, 0.2) is 0 Å². The van der Waals surface area contributed by atoms with Crippen molar-refractivity contribution in [3.8, 4) is 5.75 Å². The molecule has 8 heteroatoms. The fraction of sp³-hybridized carbons (Fsp3) is 0.238. The summed E-state index contributed by atoms with van der Waals surface area (Å²) < 4.78 is 21.3. The molecule has 0 fully saturated rings. The van der Waals surface area contributed by atoms with Gasteiger partial charge in [-0.15, -0.1) is 0 Å². The fourth-order valence-electron chi connectivity index (χ4n) is 3.25. The summed E-state index contributed by atoms with van der Waals surface area (Å²) in [5, 5.41) is 19.1. The number of ether oxygens (including phenoxy) is 1. The third-order valence-electron chi connectivity index (χ3n) is 4.82. The van der Waals surface area contributed by atoms with E-state index in [4.69, 9.17) is 16.3 Å². The summed E-state index contributed by atoms with van der Waals surface area (Å²) in [5.41, 5.74) is 0.151. The zero-order valence-electron chi connectivity index (χ0n) is 15.8. The van der Waals surface area contributed by atoms with E-state index >= 15 is 0 Å². The van der Waals surface area contributed by atoms with Gasteiger partial charge in [0, 0.05) is 24.1 Å². The number of aromatic carboxylic acids is 1. The molecule has 0 saturated carbocycles. The SMILES string of the molecule is COc1cc2c(cc1Cc1cccc(Cl)c1F)c(=O)c(C(=O)O)cn2[C@@H](C)CO. The van der Waals surface area contributed by atoms with Crippen LogP contribution in [0, 0.1) is 5.82 Å². The van der Waals surface area contributed by atoms with Crippen LogP contribution in [-0.4, -0.2) is 34.5 Å². The molecule has 0 amide bonds. The van der Waals surface area contributed by atoms with Gasteiger partial charge in [-0.25, -0.2) is 9.18 Å². The van der Waals surface area contributed by atoms with Crippen molar-refractivity contribution in [1.82, 2.24) is 4.57 Å². The molecule has 0 spiro atoms. The number of aliphatic hydroxyl groups excluding tert-OH is 1. The summed E-state index contributed by atoms with van der Waals surface area (Å²) in [6.45, 7) is 1.44. The van der Waals surface area contributed by atoms with Crippen molar-refractivity contribution in [2.75, 3.05) is 13.7 Å². The second-order valence-corrected chi connectivity index (χ2v) is 7.09. The molecule has 0 aliphatic carbocycles. The van der Waals surface area contributed by atoms with Crippen LogP contribution >= 0.6 is 11.6 Å². The van der Waals surface area contributed by atoms with Gasteiger partial charge in [0.2, 0.25) is 5.43 Å². The summed E-state index contributed by atoms with van der Waals surface area (Å²) in [5.74, 6) is -1.53. The Morgan fingerprint density at radius 1 is 1.31 bits per heavy atom. The number of methoxy groups -OCH3 is 1. The highest BCUT2D eigenvalue weighted by molar-refractivity contribution is 6.30. The molecule has 1 aromatic heterocycles. The molecule has 3 rings (SSSR count). The van der Waals surface area contributed by atoms with Crippen molar-refractivity contribution in [3.63, 3.8) is 0 Å². The molecule has 152 valence electrons. The molecule has 6 nitrogen and oxygen atoms in total. The number of carboxylic acids is 1. The predicted molar refractivity (Wildman–Crippen MR) is 108 cm³/mol. The highest BCUT2D eigenvalue weighted by Crippen LogP contribution is 2.30. The zero-order chi connectivity index (χ0) is 21.3. The number of fused-ring (bicyclic) bond motifs is 1. The van der Waals surface area contributed by atoms with Gasteiger partial charge in [-0.1, -0.05) is 23.7 Å². The van der Waals surface area contributed by atoms with E-state index in [-0.39, 0.29) is 23.4 Å². The quantitative estimate of drug-likeness (QED) is 0.636. The minimum absolute atomic E-state index is 0.0189. The molecule has 29 heavy (non-hydrogen) atoms. The molecule has 2 aromatic carbocycles. The molecule has 0 aliphatic rings. The highest BCUT2D eigenvalue weighted by Gasteiger charge is 2.20. The molecule has 0 unspecified atom stereocenters. The number of carboxylic acid groups (broad SMARTS) is 1. The smallest absolute Gasteiger partial charge is 0.341 e. The second-order valence-electron chi connectivity index (χ2n) is 6.69. The van der Waals surface area contributed by atoms with E-state index in [1.807, 2.05) is 0 Å². The van der Waals surface area contributed by atoms with Gasteiger partial charge in [-0.3, -0.25) is 4.79 Å². The maximum absolute atomic E-state index is 14.4. The summed E-state index contributed by atoms with van der Waals surface area (Å²) in [7, 11) is 1.45. The molecule has 0 bridgehead atoms. The van der Waals surface area contributed by atoms with Crippen LogP contribution in [0.2, 0.25) is 5.02 Å². The number of pyridine rings is 1. The molecule has 0 radical (unpaired) electrons. The van der Waals surface area contributed by atoms with Gasteiger partial charge >= 0.3 is 5.97 Å². The van der Waals surface area contributed by atoms with Crippen LogP contribution in [0.4, 0.5) is 4.39 Å². The van der Waals surface area contributed by atoms with Crippen molar-refractivity contribution in [2.45, 2.75) is 19.4 Å². The van der Waals surface area contributed by atoms with Crippen molar-refractivity contribution >= 4 is 28.5 Å². The molecule has 1 atom stereocenters. The van der Waals surface area contributed by atoms with Crippen LogP contribution in [0.25, 0.3) is 10.9 Å². The molecule has 3 aromatic rings. The van der Waals surface area contributed by atoms with E-state index in [2.05, 4.69) is 0 Å². The van der Waals surface area contributed by atoms with Crippen LogP contribution < -0.4 is 10.2 Å². The van der Waals surface area contributed by atoms with Crippen molar-refractivity contribution in [2.24, 2.45) is 0 Å². The Balaban J connectivity index is 2.30. The third-order valence-corrected chi connectivity index (χ3v) is 5.11. The van der Waals surface area contributed by atoms with Crippen LogP contribution in [0.3, 0.4) is 0 Å². The van der Waals surface area contributed by atoms with Gasteiger partial charge < -0.3 is 19.5 Å². The second kappa shape index (κ2) is 8.23. The van der Waals surface area contributed by atoms with E-state index < -0.39 is 28.8 Å². The average molecular weight is 420 g/mol. The van der Waals surface area contributed by atoms with Gasteiger partial charge in [0.1, 0.15) is 17.1 Å². The van der Waals surface area contributed by atoms with E-state index in [0.29, 0.717) is 22.4 Å². The molecule has 2 N–H and O–H groups in total. The highest BCUT2D eigenvalue weighted by atomic mass is 35.5. The Morgan fingerprint density at radius 2 is 2.03 bits per heavy atom. The number of nitrogens with zero attached hydrogens (tertiary/aromatic N) is 1. The van der Waals surface area contributed by atoms with Crippen molar-refractivity contribution in [3.05, 3.63) is 74.3 Å². The maximum Gasteiger partial charge on any atom is 0.341 e. The first-order chi connectivity index (χ1) is 13.8. The molecule has 1 heterocycles. The van der Waals surface area contributed by atoms with E-state index in [1.54, 1.807) is 25.1 Å². The van der Waals surface area contributed by atoms with Crippen LogP contribution in [0.5, 0.6) is 5.75 Å². The number of rotatable bonds is 6. The van der Waals surface area contributed by atoms with Crippen molar-refractivity contribution in [1.29, 1.82) is 0 Å². The van der Waals surface area contributed by atoms with E-state index in [1.165, 1.54) is 30.0 Å². The number of aliphatic hydroxyl groups is 1. The van der Waals surface area contributed by atoms with Crippen molar-refractivity contribution < 1.29 is 24.1 Å². The standard InChI is InChI=1S/C21H19ClFNO5/c1-11(10-25)24-9-15(21(27)28)20(26)14-7-13(18(29-2)8-17(14)24)6-12-4-3-5-16(22)19(12)23/h3-5,7-9,11,25H,6,10H2,1-2H3,(H,27,28)/t11-/m0/s1. The van der Waals surface area contributed by atoms with Gasteiger partial charge in [-0.05, 0) is 30.2 Å². The lowest BCUT2D eigenvalue weighted by Crippen LogP contribution is -2.22. The fourth-order valence-corrected chi connectivity index (χ4v) is 3.44. The topological polar surface area (TPSA) is 88.8 Å². The Bertz CT molecular complexity index is 1160. The Hall–Kier alpha value is -2.90. The monoisotopic (exact) mass is 419 g/mol. The summed E-state index contributed by atoms with van der Waals surface area (Å²) in [6.07, 6.45) is 1.31. The Morgan fingerprint density at radius 3 is 2.66 bits per heavy atom. The molecule has 0 saturated heterocycles. The number of carbonyl (C=O) groups is 1. The van der Waals surface area contributed by atoms with Gasteiger partial charge in [-0.2, -0.15) is 0 Å². The largest absolute Gasteiger partial charge is 0.496 e. The van der Waals surface area contributed by atoms with Crippen LogP contribution in [0.15, 0.2) is 41.3 Å². The number of hydrogen-bond acceptors (Lipinski definition) is 4. The summed E-state index contributed by atoms with van der Waals surface area (Å²) in [4.78, 5) is 24.3. The Labute approximate surface area is 170 Å². The molecule has 0 aliphatic heterocycles. The first-order valence-electron chi connectivity index (χ1n) is 8.81. The van der Waals surface area contributed by atoms with Crippen LogP contribution in [-0.2, 0) is 6.42 Å². The first kappa shape index (κ1) is 20.8. The number of benzene rings is 2.